The highest BCUT2D eigenvalue weighted by Crippen LogP contribution is 2.63. The molecule has 0 heterocycles. The van der Waals surface area contributed by atoms with Crippen molar-refractivity contribution in [3.05, 3.63) is 24.3 Å². The largest absolute Gasteiger partial charge is 0.0999 e. The minimum Gasteiger partial charge on any atom is -0.0999 e. The third-order valence-corrected chi connectivity index (χ3v) is 8.65. The summed E-state index contributed by atoms with van der Waals surface area (Å²) in [4.78, 5) is 0. The van der Waals surface area contributed by atoms with E-state index in [0.29, 0.717) is 10.8 Å². The van der Waals surface area contributed by atoms with Crippen molar-refractivity contribution in [1.29, 1.82) is 0 Å². The van der Waals surface area contributed by atoms with Gasteiger partial charge in [0.05, 0.1) is 0 Å². The van der Waals surface area contributed by atoms with E-state index in [1.807, 2.05) is 0 Å². The molecule has 0 aromatic carbocycles. The van der Waals surface area contributed by atoms with Gasteiger partial charge >= 0.3 is 0 Å². The lowest BCUT2D eigenvalue weighted by Crippen LogP contribution is -2.16. The van der Waals surface area contributed by atoms with Gasteiger partial charge in [-0.05, 0) is 105 Å². The molecule has 0 aromatic heterocycles. The zero-order valence-electron chi connectivity index (χ0n) is 21.1. The summed E-state index contributed by atoms with van der Waals surface area (Å²) in [5.74, 6) is 2.90. The fourth-order valence-electron chi connectivity index (χ4n) is 5.64. The molecule has 0 aromatic rings. The van der Waals surface area contributed by atoms with E-state index in [1.54, 1.807) is 5.57 Å². The molecule has 3 aliphatic rings. The Morgan fingerprint density at radius 3 is 2.28 bits per heavy atom. The monoisotopic (exact) mass is 400 g/mol. The van der Waals surface area contributed by atoms with Crippen LogP contribution in [0.5, 0.6) is 0 Å². The maximum absolute atomic E-state index is 4.36. The smallest absolute Gasteiger partial charge is 0.0203 e. The van der Waals surface area contributed by atoms with Gasteiger partial charge < -0.3 is 0 Å². The van der Waals surface area contributed by atoms with Crippen LogP contribution in [0, 0.1) is 34.0 Å². The molecule has 0 nitrogen and oxygen atoms in total. The van der Waals surface area contributed by atoms with Crippen molar-refractivity contribution in [2.24, 2.45) is 34.0 Å². The number of fused-ring (bicyclic) bond motifs is 1. The first-order valence-electron chi connectivity index (χ1n) is 12.8. The molecule has 0 bridgehead atoms. The first kappa shape index (κ1) is 24.7. The van der Waals surface area contributed by atoms with Gasteiger partial charge in [-0.15, -0.1) is 0 Å². The molecule has 3 saturated carbocycles. The molecule has 0 aliphatic heterocycles. The fraction of sp³-hybridized carbons (Fsp3) is 0.862. The molecule has 0 radical (unpaired) electrons. The number of allylic oxidation sites excluding steroid dienone is 2. The quantitative estimate of drug-likeness (QED) is 0.338. The van der Waals surface area contributed by atoms with Crippen LogP contribution in [0.2, 0.25) is 0 Å². The van der Waals surface area contributed by atoms with Crippen LogP contribution in [0.4, 0.5) is 0 Å². The molecule has 0 N–H and O–H groups in total. The minimum atomic E-state index is 0.464. The molecule has 5 atom stereocenters. The number of hydrogen-bond acceptors (Lipinski definition) is 0. The van der Waals surface area contributed by atoms with Gasteiger partial charge in [0, 0.05) is 0 Å². The lowest BCUT2D eigenvalue weighted by molar-refractivity contribution is 0.294. The average molecular weight is 401 g/mol. The Bertz CT molecular complexity index is 561. The van der Waals surface area contributed by atoms with Gasteiger partial charge in [-0.1, -0.05) is 79.2 Å². The summed E-state index contributed by atoms with van der Waals surface area (Å²) in [6.07, 6.45) is 16.4. The maximum atomic E-state index is 4.36. The molecule has 0 spiro atoms. The first-order valence-corrected chi connectivity index (χ1v) is 12.8. The zero-order chi connectivity index (χ0) is 21.9. The molecule has 29 heavy (non-hydrogen) atoms. The molecule has 3 rings (SSSR count). The second-order valence-electron chi connectivity index (χ2n) is 12.7. The Morgan fingerprint density at radius 1 is 1.03 bits per heavy atom. The van der Waals surface area contributed by atoms with Crippen LogP contribution in [0.25, 0.3) is 0 Å². The third-order valence-electron chi connectivity index (χ3n) is 8.65. The Balaban J connectivity index is 0.000000212. The van der Waals surface area contributed by atoms with Crippen LogP contribution in [0.15, 0.2) is 24.3 Å². The highest BCUT2D eigenvalue weighted by atomic mass is 14.6. The van der Waals surface area contributed by atoms with Crippen molar-refractivity contribution in [2.75, 3.05) is 0 Å². The first-order chi connectivity index (χ1) is 13.4. The zero-order valence-corrected chi connectivity index (χ0v) is 21.1. The SMILES string of the molecule is C=C(CC)CCC1CC1(C)CCC.C=C(CCC(C)(C)C)C1CCC2(C)CC2C1. The van der Waals surface area contributed by atoms with Crippen LogP contribution in [-0.2, 0) is 0 Å². The molecule has 3 fully saturated rings. The van der Waals surface area contributed by atoms with Crippen LogP contribution >= 0.6 is 0 Å². The lowest BCUT2D eigenvalue weighted by atomic mass is 9.77. The summed E-state index contributed by atoms with van der Waals surface area (Å²) < 4.78 is 0. The van der Waals surface area contributed by atoms with E-state index in [9.17, 15) is 0 Å². The molecule has 168 valence electrons. The van der Waals surface area contributed by atoms with E-state index in [4.69, 9.17) is 0 Å². The third kappa shape index (κ3) is 7.59. The van der Waals surface area contributed by atoms with Gasteiger partial charge in [0.1, 0.15) is 0 Å². The molecule has 0 saturated heterocycles. The second kappa shape index (κ2) is 9.74. The maximum Gasteiger partial charge on any atom is -0.0203 e. The predicted octanol–water partition coefficient (Wildman–Crippen LogP) is 9.75. The normalized spacial score (nSPS) is 35.2. The summed E-state index contributed by atoms with van der Waals surface area (Å²) >= 11 is 0. The summed E-state index contributed by atoms with van der Waals surface area (Å²) in [5.41, 5.74) is 4.91. The topological polar surface area (TPSA) is 0 Å². The molecule has 0 amide bonds. The molecule has 3 aliphatic carbocycles. The van der Waals surface area contributed by atoms with E-state index >= 15 is 0 Å². The van der Waals surface area contributed by atoms with Gasteiger partial charge in [-0.25, -0.2) is 0 Å². The summed E-state index contributed by atoms with van der Waals surface area (Å²) in [6, 6.07) is 0. The summed E-state index contributed by atoms with van der Waals surface area (Å²) in [6.45, 7) is 24.9. The summed E-state index contributed by atoms with van der Waals surface area (Å²) in [5, 5.41) is 0. The van der Waals surface area contributed by atoms with Crippen molar-refractivity contribution < 1.29 is 0 Å². The van der Waals surface area contributed by atoms with Crippen molar-refractivity contribution >= 4 is 0 Å². The van der Waals surface area contributed by atoms with E-state index in [-0.39, 0.29) is 0 Å². The lowest BCUT2D eigenvalue weighted by Gasteiger charge is -2.29. The highest BCUT2D eigenvalue weighted by Gasteiger charge is 2.52. The number of rotatable bonds is 9. The Hall–Kier alpha value is -0.520. The van der Waals surface area contributed by atoms with Crippen molar-refractivity contribution in [3.8, 4) is 0 Å². The molecular formula is C29H52. The van der Waals surface area contributed by atoms with Gasteiger partial charge in [0.25, 0.3) is 0 Å². The Labute approximate surface area is 184 Å². The van der Waals surface area contributed by atoms with Crippen LogP contribution in [0.1, 0.15) is 126 Å². The average Bonchev–Trinajstić information content (AvgIpc) is 3.51. The van der Waals surface area contributed by atoms with Crippen LogP contribution < -0.4 is 0 Å². The number of hydrogen-bond donors (Lipinski definition) is 0. The van der Waals surface area contributed by atoms with Crippen molar-refractivity contribution in [2.45, 2.75) is 126 Å². The second-order valence-corrected chi connectivity index (χ2v) is 12.7. The van der Waals surface area contributed by atoms with E-state index < -0.39 is 0 Å². The van der Waals surface area contributed by atoms with Crippen LogP contribution in [-0.4, -0.2) is 0 Å². The van der Waals surface area contributed by atoms with E-state index in [0.717, 1.165) is 29.6 Å². The molecule has 0 heteroatoms. The van der Waals surface area contributed by atoms with Gasteiger partial charge in [-0.2, -0.15) is 0 Å². The predicted molar refractivity (Wildman–Crippen MR) is 131 cm³/mol. The Morgan fingerprint density at radius 2 is 1.72 bits per heavy atom. The van der Waals surface area contributed by atoms with Gasteiger partial charge in [0.2, 0.25) is 0 Å². The van der Waals surface area contributed by atoms with Gasteiger partial charge in [0.15, 0.2) is 0 Å². The minimum absolute atomic E-state index is 0.464. The van der Waals surface area contributed by atoms with E-state index in [1.165, 1.54) is 76.2 Å². The fourth-order valence-corrected chi connectivity index (χ4v) is 5.64. The van der Waals surface area contributed by atoms with Gasteiger partial charge in [-0.3, -0.25) is 0 Å². The molecular weight excluding hydrogens is 348 g/mol. The standard InChI is InChI=1S/C16H28.C13H24/c1-12(6-8-15(2,3)4)13-7-9-16(5)11-14(16)10-13;1-5-9-13(4)10-12(13)8-7-11(3)6-2/h13-14H,1,6-11H2,2-5H3;12H,3,5-10H2,1-2,4H3. The van der Waals surface area contributed by atoms with Crippen LogP contribution in [0.3, 0.4) is 0 Å². The van der Waals surface area contributed by atoms with Crippen molar-refractivity contribution in [3.63, 3.8) is 0 Å². The molecule has 5 unspecified atom stereocenters. The summed E-state index contributed by atoms with van der Waals surface area (Å²) in [7, 11) is 0. The Kier molecular flexibility index (Phi) is 8.31. The highest BCUT2D eigenvalue weighted by molar-refractivity contribution is 5.11. The van der Waals surface area contributed by atoms with Crippen molar-refractivity contribution in [1.82, 2.24) is 0 Å². The van der Waals surface area contributed by atoms with E-state index in [2.05, 4.69) is 61.6 Å².